The monoisotopic (exact) mass is 254 g/mol. The Morgan fingerprint density at radius 1 is 1.56 bits per heavy atom. The summed E-state index contributed by atoms with van der Waals surface area (Å²) in [5.74, 6) is -0.922. The Labute approximate surface area is 108 Å². The van der Waals surface area contributed by atoms with Gasteiger partial charge in [-0.25, -0.2) is 0 Å². The summed E-state index contributed by atoms with van der Waals surface area (Å²) in [5.41, 5.74) is 1.42. The minimum absolute atomic E-state index is 0.00124. The molecule has 0 fully saturated rings. The van der Waals surface area contributed by atoms with Gasteiger partial charge < -0.3 is 9.84 Å². The molecule has 0 aliphatic carbocycles. The van der Waals surface area contributed by atoms with E-state index in [0.717, 1.165) is 5.69 Å². The van der Waals surface area contributed by atoms with E-state index in [1.165, 1.54) is 0 Å². The molecule has 102 valence electrons. The molecule has 1 heterocycles. The molecule has 0 spiro atoms. The van der Waals surface area contributed by atoms with Crippen LogP contribution in [0.3, 0.4) is 0 Å². The normalized spacial score (nSPS) is 14.6. The van der Waals surface area contributed by atoms with Crippen molar-refractivity contribution in [1.82, 2.24) is 9.78 Å². The lowest BCUT2D eigenvalue weighted by molar-refractivity contribution is -0.154. The van der Waals surface area contributed by atoms with E-state index >= 15 is 0 Å². The highest BCUT2D eigenvalue weighted by atomic mass is 16.5. The molecule has 1 aromatic rings. The number of aliphatic hydroxyl groups excluding tert-OH is 1. The maximum atomic E-state index is 11.9. The molecule has 5 nitrogen and oxygen atoms in total. The van der Waals surface area contributed by atoms with E-state index in [2.05, 4.69) is 5.10 Å². The molecule has 0 radical (unpaired) electrons. The first-order valence-electron chi connectivity index (χ1n) is 6.23. The van der Waals surface area contributed by atoms with Gasteiger partial charge in [-0.3, -0.25) is 9.48 Å². The van der Waals surface area contributed by atoms with Gasteiger partial charge in [0.25, 0.3) is 0 Å². The summed E-state index contributed by atoms with van der Waals surface area (Å²) < 4.78 is 6.66. The van der Waals surface area contributed by atoms with Gasteiger partial charge >= 0.3 is 5.97 Å². The van der Waals surface area contributed by atoms with Crippen molar-refractivity contribution in [3.8, 4) is 0 Å². The minimum Gasteiger partial charge on any atom is -0.466 e. The molecule has 1 N–H and O–H groups in total. The standard InChI is InChI=1S/C13H22N2O3/c1-6-18-13(17)11(8(2)3)12(16)10-7-15(5)14-9(10)4/h7-8,11-12,16H,6H2,1-5H3. The summed E-state index contributed by atoms with van der Waals surface area (Å²) in [5, 5.41) is 14.6. The first kappa shape index (κ1) is 14.7. The Bertz CT molecular complexity index is 412. The molecule has 0 saturated carbocycles. The molecule has 1 aromatic heterocycles. The number of carbonyl (C=O) groups excluding carboxylic acids is 1. The SMILES string of the molecule is CCOC(=O)C(C(C)C)C(O)c1cn(C)nc1C. The number of esters is 1. The number of hydrogen-bond acceptors (Lipinski definition) is 4. The Morgan fingerprint density at radius 3 is 2.56 bits per heavy atom. The van der Waals surface area contributed by atoms with Gasteiger partial charge in [0.2, 0.25) is 0 Å². The number of carbonyl (C=O) groups is 1. The second kappa shape index (κ2) is 6.00. The van der Waals surface area contributed by atoms with Crippen LogP contribution in [0.25, 0.3) is 0 Å². The van der Waals surface area contributed by atoms with Crippen molar-refractivity contribution in [1.29, 1.82) is 0 Å². The molecular formula is C13H22N2O3. The molecule has 0 saturated heterocycles. The molecular weight excluding hydrogens is 232 g/mol. The van der Waals surface area contributed by atoms with Gasteiger partial charge in [0.1, 0.15) is 0 Å². The summed E-state index contributed by atoms with van der Waals surface area (Å²) >= 11 is 0. The van der Waals surface area contributed by atoms with Gasteiger partial charge in [0, 0.05) is 18.8 Å². The van der Waals surface area contributed by atoms with Crippen LogP contribution in [0.4, 0.5) is 0 Å². The van der Waals surface area contributed by atoms with Crippen LogP contribution in [0.15, 0.2) is 6.20 Å². The van der Waals surface area contributed by atoms with E-state index in [4.69, 9.17) is 4.74 Å². The predicted molar refractivity (Wildman–Crippen MR) is 67.9 cm³/mol. The summed E-state index contributed by atoms with van der Waals surface area (Å²) in [7, 11) is 1.79. The maximum Gasteiger partial charge on any atom is 0.312 e. The lowest BCUT2D eigenvalue weighted by Crippen LogP contribution is -2.29. The van der Waals surface area contributed by atoms with E-state index in [1.807, 2.05) is 20.8 Å². The van der Waals surface area contributed by atoms with Gasteiger partial charge in [-0.1, -0.05) is 13.8 Å². The van der Waals surface area contributed by atoms with Crippen LogP contribution in [-0.4, -0.2) is 27.5 Å². The molecule has 0 aliphatic rings. The van der Waals surface area contributed by atoms with E-state index in [9.17, 15) is 9.90 Å². The summed E-state index contributed by atoms with van der Waals surface area (Å²) in [6, 6.07) is 0. The van der Waals surface area contributed by atoms with Crippen LogP contribution in [0, 0.1) is 18.8 Å². The number of ether oxygens (including phenoxy) is 1. The molecule has 0 bridgehead atoms. The molecule has 2 unspecified atom stereocenters. The minimum atomic E-state index is -0.877. The predicted octanol–water partition coefficient (Wildman–Crippen LogP) is 1.60. The zero-order valence-electron chi connectivity index (χ0n) is 11.7. The quantitative estimate of drug-likeness (QED) is 0.811. The van der Waals surface area contributed by atoms with Crippen LogP contribution in [0.1, 0.15) is 38.1 Å². The number of aromatic nitrogens is 2. The molecule has 5 heteroatoms. The Kier molecular flexibility index (Phi) is 4.90. The topological polar surface area (TPSA) is 64.3 Å². The molecule has 0 aliphatic heterocycles. The second-order valence-corrected chi connectivity index (χ2v) is 4.81. The third-order valence-electron chi connectivity index (χ3n) is 2.99. The Morgan fingerprint density at radius 2 is 2.17 bits per heavy atom. The smallest absolute Gasteiger partial charge is 0.312 e. The van der Waals surface area contributed by atoms with Gasteiger partial charge in [-0.2, -0.15) is 5.10 Å². The zero-order valence-corrected chi connectivity index (χ0v) is 11.7. The van der Waals surface area contributed by atoms with Crippen molar-refractivity contribution in [3.63, 3.8) is 0 Å². The van der Waals surface area contributed by atoms with Gasteiger partial charge in [0.05, 0.1) is 24.3 Å². The van der Waals surface area contributed by atoms with E-state index < -0.39 is 12.0 Å². The number of hydrogen-bond donors (Lipinski definition) is 1. The lowest BCUT2D eigenvalue weighted by atomic mass is 9.87. The van der Waals surface area contributed by atoms with E-state index in [0.29, 0.717) is 12.2 Å². The maximum absolute atomic E-state index is 11.9. The average molecular weight is 254 g/mol. The van der Waals surface area contributed by atoms with Crippen LogP contribution in [-0.2, 0) is 16.6 Å². The summed E-state index contributed by atoms with van der Waals surface area (Å²) in [6.07, 6.45) is 0.868. The van der Waals surface area contributed by atoms with Gasteiger partial charge in [-0.15, -0.1) is 0 Å². The number of rotatable bonds is 5. The van der Waals surface area contributed by atoms with Crippen LogP contribution in [0.2, 0.25) is 0 Å². The first-order chi connectivity index (χ1) is 8.38. The third kappa shape index (κ3) is 3.10. The molecule has 0 amide bonds. The largest absolute Gasteiger partial charge is 0.466 e. The fraction of sp³-hybridized carbons (Fsp3) is 0.692. The zero-order chi connectivity index (χ0) is 13.9. The van der Waals surface area contributed by atoms with Crippen molar-refractivity contribution >= 4 is 5.97 Å². The average Bonchev–Trinajstić information content (AvgIpc) is 2.57. The van der Waals surface area contributed by atoms with Crippen molar-refractivity contribution in [2.24, 2.45) is 18.9 Å². The molecule has 0 aromatic carbocycles. The van der Waals surface area contributed by atoms with Gasteiger partial charge in [-0.05, 0) is 19.8 Å². The van der Waals surface area contributed by atoms with Crippen LogP contribution >= 0.6 is 0 Å². The fourth-order valence-corrected chi connectivity index (χ4v) is 2.11. The fourth-order valence-electron chi connectivity index (χ4n) is 2.11. The lowest BCUT2D eigenvalue weighted by Gasteiger charge is -2.24. The Hall–Kier alpha value is -1.36. The third-order valence-corrected chi connectivity index (χ3v) is 2.99. The number of nitrogens with zero attached hydrogens (tertiary/aromatic N) is 2. The summed E-state index contributed by atoms with van der Waals surface area (Å²) in [4.78, 5) is 11.9. The first-order valence-corrected chi connectivity index (χ1v) is 6.23. The van der Waals surface area contributed by atoms with Crippen LogP contribution in [0.5, 0.6) is 0 Å². The van der Waals surface area contributed by atoms with E-state index in [1.54, 1.807) is 24.9 Å². The van der Waals surface area contributed by atoms with Crippen LogP contribution < -0.4 is 0 Å². The van der Waals surface area contributed by atoms with Crippen molar-refractivity contribution < 1.29 is 14.6 Å². The number of aliphatic hydroxyl groups is 1. The second-order valence-electron chi connectivity index (χ2n) is 4.81. The number of aryl methyl sites for hydroxylation is 2. The van der Waals surface area contributed by atoms with Crippen molar-refractivity contribution in [3.05, 3.63) is 17.5 Å². The Balaban J connectivity index is 2.99. The highest BCUT2D eigenvalue weighted by Gasteiger charge is 2.33. The highest BCUT2D eigenvalue weighted by Crippen LogP contribution is 2.30. The van der Waals surface area contributed by atoms with Crippen molar-refractivity contribution in [2.75, 3.05) is 6.61 Å². The van der Waals surface area contributed by atoms with Crippen molar-refractivity contribution in [2.45, 2.75) is 33.8 Å². The molecule has 2 atom stereocenters. The molecule has 18 heavy (non-hydrogen) atoms. The summed E-state index contributed by atoms with van der Waals surface area (Å²) in [6.45, 7) is 7.70. The highest BCUT2D eigenvalue weighted by molar-refractivity contribution is 5.73. The van der Waals surface area contributed by atoms with Gasteiger partial charge in [0.15, 0.2) is 0 Å². The molecule has 1 rings (SSSR count). The van der Waals surface area contributed by atoms with E-state index in [-0.39, 0.29) is 11.9 Å².